The van der Waals surface area contributed by atoms with Crippen LogP contribution in [0.5, 0.6) is 0 Å². The molecule has 0 unspecified atom stereocenters. The summed E-state index contributed by atoms with van der Waals surface area (Å²) in [4.78, 5) is 4.65. The minimum Gasteiger partial charge on any atom is -0.327 e. The van der Waals surface area contributed by atoms with Crippen LogP contribution in [0.25, 0.3) is 11.0 Å². The van der Waals surface area contributed by atoms with E-state index in [0.717, 1.165) is 12.1 Å². The number of hydrogen-bond acceptors (Lipinski definition) is 1. The summed E-state index contributed by atoms with van der Waals surface area (Å²) in [6.45, 7) is 15.7. The molecule has 0 aromatic carbocycles. The molecular weight excluding hydrogens is 232 g/mol. The second-order valence-electron chi connectivity index (χ2n) is 7.36. The first-order valence-corrected chi connectivity index (χ1v) is 7.16. The summed E-state index contributed by atoms with van der Waals surface area (Å²) in [7, 11) is 0. The molecule has 2 aromatic rings. The van der Waals surface area contributed by atoms with Crippen LogP contribution in [0.2, 0.25) is 0 Å². The van der Waals surface area contributed by atoms with E-state index in [2.05, 4.69) is 70.3 Å². The summed E-state index contributed by atoms with van der Waals surface area (Å²) in [5.41, 5.74) is 4.14. The molecule has 0 spiro atoms. The number of aromatic nitrogens is 2. The third-order valence-electron chi connectivity index (χ3n) is 3.68. The minimum absolute atomic E-state index is 0.0647. The van der Waals surface area contributed by atoms with Gasteiger partial charge in [0.2, 0.25) is 0 Å². The summed E-state index contributed by atoms with van der Waals surface area (Å²) < 4.78 is 2.32. The standard InChI is InChI=1S/C17H26N2/c1-8-12-11-19(17(5,6)7)15-14(12)13(9-10-18-15)16(2,3)4/h9-11H,8H2,1-7H3. The van der Waals surface area contributed by atoms with E-state index in [-0.39, 0.29) is 11.0 Å². The zero-order valence-electron chi connectivity index (χ0n) is 13.3. The normalized spacial score (nSPS) is 13.2. The Kier molecular flexibility index (Phi) is 3.24. The van der Waals surface area contributed by atoms with Gasteiger partial charge in [-0.15, -0.1) is 0 Å². The van der Waals surface area contributed by atoms with Crippen LogP contribution in [-0.4, -0.2) is 9.55 Å². The van der Waals surface area contributed by atoms with Gasteiger partial charge in [-0.25, -0.2) is 4.98 Å². The van der Waals surface area contributed by atoms with Gasteiger partial charge in [0.05, 0.1) is 0 Å². The maximum Gasteiger partial charge on any atom is 0.140 e. The number of nitrogens with zero attached hydrogens (tertiary/aromatic N) is 2. The van der Waals surface area contributed by atoms with E-state index < -0.39 is 0 Å². The van der Waals surface area contributed by atoms with Crippen LogP contribution in [0, 0.1) is 0 Å². The first-order chi connectivity index (χ1) is 8.66. The summed E-state index contributed by atoms with van der Waals surface area (Å²) in [6.07, 6.45) is 5.28. The van der Waals surface area contributed by atoms with E-state index in [9.17, 15) is 0 Å². The Hall–Kier alpha value is -1.31. The van der Waals surface area contributed by atoms with Gasteiger partial charge in [0.1, 0.15) is 5.65 Å². The van der Waals surface area contributed by atoms with Gasteiger partial charge in [0.15, 0.2) is 0 Å². The third-order valence-corrected chi connectivity index (χ3v) is 3.68. The van der Waals surface area contributed by atoms with Gasteiger partial charge in [-0.2, -0.15) is 0 Å². The van der Waals surface area contributed by atoms with Crippen molar-refractivity contribution >= 4 is 11.0 Å². The predicted octanol–water partition coefficient (Wildman–Crippen LogP) is 4.65. The SMILES string of the molecule is CCc1cn(C(C)(C)C)c2nccc(C(C)(C)C)c12. The van der Waals surface area contributed by atoms with Crippen molar-refractivity contribution in [1.29, 1.82) is 0 Å². The molecule has 0 radical (unpaired) electrons. The summed E-state index contributed by atoms with van der Waals surface area (Å²) >= 11 is 0. The van der Waals surface area contributed by atoms with Crippen LogP contribution in [-0.2, 0) is 17.4 Å². The fourth-order valence-corrected chi connectivity index (χ4v) is 2.64. The highest BCUT2D eigenvalue weighted by molar-refractivity contribution is 5.85. The van der Waals surface area contributed by atoms with Crippen molar-refractivity contribution in [1.82, 2.24) is 9.55 Å². The molecule has 0 fully saturated rings. The Morgan fingerprint density at radius 3 is 2.21 bits per heavy atom. The quantitative estimate of drug-likeness (QED) is 0.728. The van der Waals surface area contributed by atoms with E-state index in [4.69, 9.17) is 0 Å². The Morgan fingerprint density at radius 1 is 1.11 bits per heavy atom. The van der Waals surface area contributed by atoms with E-state index >= 15 is 0 Å². The molecule has 0 atom stereocenters. The maximum absolute atomic E-state index is 4.65. The predicted molar refractivity (Wildman–Crippen MR) is 82.8 cm³/mol. The van der Waals surface area contributed by atoms with E-state index in [1.54, 1.807) is 0 Å². The molecular formula is C17H26N2. The molecule has 2 heteroatoms. The van der Waals surface area contributed by atoms with Gasteiger partial charge in [0.25, 0.3) is 0 Å². The fraction of sp³-hybridized carbons (Fsp3) is 0.588. The van der Waals surface area contributed by atoms with Crippen LogP contribution < -0.4 is 0 Å². The largest absolute Gasteiger partial charge is 0.327 e. The average Bonchev–Trinajstić information content (AvgIpc) is 2.65. The first-order valence-electron chi connectivity index (χ1n) is 7.16. The minimum atomic E-state index is 0.0647. The van der Waals surface area contributed by atoms with Crippen molar-refractivity contribution in [2.45, 2.75) is 65.8 Å². The van der Waals surface area contributed by atoms with Crippen LogP contribution in [0.4, 0.5) is 0 Å². The zero-order valence-corrected chi connectivity index (χ0v) is 13.3. The topological polar surface area (TPSA) is 17.8 Å². The molecule has 0 aliphatic carbocycles. The smallest absolute Gasteiger partial charge is 0.140 e. The molecule has 0 bridgehead atoms. The van der Waals surface area contributed by atoms with Crippen LogP contribution in [0.1, 0.15) is 59.6 Å². The monoisotopic (exact) mass is 258 g/mol. The van der Waals surface area contributed by atoms with Crippen molar-refractivity contribution in [3.8, 4) is 0 Å². The van der Waals surface area contributed by atoms with Gasteiger partial charge >= 0.3 is 0 Å². The lowest BCUT2D eigenvalue weighted by molar-refractivity contribution is 0.408. The van der Waals surface area contributed by atoms with Crippen molar-refractivity contribution in [2.24, 2.45) is 0 Å². The molecule has 2 aromatic heterocycles. The van der Waals surface area contributed by atoms with Crippen molar-refractivity contribution < 1.29 is 0 Å². The molecule has 19 heavy (non-hydrogen) atoms. The lowest BCUT2D eigenvalue weighted by atomic mass is 9.84. The van der Waals surface area contributed by atoms with Crippen LogP contribution in [0.15, 0.2) is 18.5 Å². The summed E-state index contributed by atoms with van der Waals surface area (Å²) in [5.74, 6) is 0. The molecule has 2 heterocycles. The third kappa shape index (κ3) is 2.41. The van der Waals surface area contributed by atoms with Crippen LogP contribution in [0.3, 0.4) is 0 Å². The first kappa shape index (κ1) is 14.1. The van der Waals surface area contributed by atoms with Crippen molar-refractivity contribution in [3.05, 3.63) is 29.6 Å². The molecule has 0 aliphatic rings. The molecule has 2 nitrogen and oxygen atoms in total. The number of pyridine rings is 1. The van der Waals surface area contributed by atoms with Gasteiger partial charge in [-0.3, -0.25) is 0 Å². The summed E-state index contributed by atoms with van der Waals surface area (Å²) in [6, 6.07) is 2.18. The zero-order chi connectivity index (χ0) is 14.4. The lowest BCUT2D eigenvalue weighted by Gasteiger charge is -2.23. The molecule has 0 saturated carbocycles. The average molecular weight is 258 g/mol. The molecule has 0 N–H and O–H groups in total. The Morgan fingerprint density at radius 2 is 1.74 bits per heavy atom. The van der Waals surface area contributed by atoms with Gasteiger partial charge in [-0.05, 0) is 49.8 Å². The number of hydrogen-bond donors (Lipinski definition) is 0. The molecule has 0 aliphatic heterocycles. The van der Waals surface area contributed by atoms with E-state index in [1.165, 1.54) is 16.5 Å². The van der Waals surface area contributed by atoms with Gasteiger partial charge < -0.3 is 4.57 Å². The van der Waals surface area contributed by atoms with E-state index in [1.807, 2.05) is 6.20 Å². The van der Waals surface area contributed by atoms with Gasteiger partial charge in [0, 0.05) is 23.3 Å². The highest BCUT2D eigenvalue weighted by Gasteiger charge is 2.24. The second kappa shape index (κ2) is 4.36. The Bertz CT molecular complexity index is 592. The highest BCUT2D eigenvalue weighted by Crippen LogP contribution is 2.34. The molecule has 0 saturated heterocycles. The summed E-state index contributed by atoms with van der Waals surface area (Å²) in [5, 5.41) is 1.35. The Balaban J connectivity index is 2.87. The lowest BCUT2D eigenvalue weighted by Crippen LogP contribution is -2.21. The second-order valence-corrected chi connectivity index (χ2v) is 7.36. The number of rotatable bonds is 1. The van der Waals surface area contributed by atoms with Crippen LogP contribution >= 0.6 is 0 Å². The fourth-order valence-electron chi connectivity index (χ4n) is 2.64. The molecule has 2 rings (SSSR count). The van der Waals surface area contributed by atoms with Crippen molar-refractivity contribution in [2.75, 3.05) is 0 Å². The highest BCUT2D eigenvalue weighted by atomic mass is 15.1. The van der Waals surface area contributed by atoms with Crippen molar-refractivity contribution in [3.63, 3.8) is 0 Å². The maximum atomic E-state index is 4.65. The Labute approximate surface area is 116 Å². The molecule has 104 valence electrons. The van der Waals surface area contributed by atoms with E-state index in [0.29, 0.717) is 0 Å². The van der Waals surface area contributed by atoms with Gasteiger partial charge in [-0.1, -0.05) is 27.7 Å². The molecule has 0 amide bonds. The number of fused-ring (bicyclic) bond motifs is 1. The number of aryl methyl sites for hydroxylation is 1.